The second kappa shape index (κ2) is 5.24. The van der Waals surface area contributed by atoms with Crippen molar-refractivity contribution in [3.63, 3.8) is 0 Å². The van der Waals surface area contributed by atoms with E-state index < -0.39 is 0 Å². The van der Waals surface area contributed by atoms with Crippen molar-refractivity contribution >= 4 is 0 Å². The number of hydrogen-bond donors (Lipinski definition) is 0. The molecule has 13 heavy (non-hydrogen) atoms. The molecule has 1 aliphatic heterocycles. The average Bonchev–Trinajstić information content (AvgIpc) is 2.17. The third kappa shape index (κ3) is 3.00. The van der Waals surface area contributed by atoms with Gasteiger partial charge in [0.1, 0.15) is 0 Å². The van der Waals surface area contributed by atoms with Crippen LogP contribution in [-0.2, 0) is 0 Å². The molecule has 0 unspecified atom stereocenters. The van der Waals surface area contributed by atoms with Gasteiger partial charge in [-0.25, -0.2) is 0 Å². The van der Waals surface area contributed by atoms with Crippen LogP contribution in [0.2, 0.25) is 0 Å². The normalized spacial score (nSPS) is 29.9. The Morgan fingerprint density at radius 2 is 2.23 bits per heavy atom. The maximum absolute atomic E-state index is 8.53. The van der Waals surface area contributed by atoms with Gasteiger partial charge in [0.15, 0.2) is 0 Å². The number of hydrogen-bond acceptors (Lipinski definition) is 2. The zero-order chi connectivity index (χ0) is 9.68. The molecule has 0 amide bonds. The van der Waals surface area contributed by atoms with Gasteiger partial charge in [0, 0.05) is 25.6 Å². The third-order valence-corrected chi connectivity index (χ3v) is 3.20. The fraction of sp³-hybridized carbons (Fsp3) is 0.909. The van der Waals surface area contributed by atoms with E-state index in [9.17, 15) is 0 Å². The van der Waals surface area contributed by atoms with Crippen molar-refractivity contribution in [1.29, 1.82) is 5.26 Å². The molecule has 0 spiro atoms. The molecule has 2 heteroatoms. The predicted octanol–water partition coefficient (Wildman–Crippen LogP) is 2.41. The molecule has 2 atom stereocenters. The maximum atomic E-state index is 8.53. The zero-order valence-corrected chi connectivity index (χ0v) is 8.79. The van der Waals surface area contributed by atoms with E-state index in [1.165, 1.54) is 25.8 Å². The zero-order valence-electron chi connectivity index (χ0n) is 8.79. The van der Waals surface area contributed by atoms with Crippen molar-refractivity contribution in [3.8, 4) is 6.07 Å². The molecule has 0 aromatic rings. The molecule has 74 valence electrons. The highest BCUT2D eigenvalue weighted by molar-refractivity contribution is 4.81. The highest BCUT2D eigenvalue weighted by Gasteiger charge is 2.23. The lowest BCUT2D eigenvalue weighted by molar-refractivity contribution is 0.118. The third-order valence-electron chi connectivity index (χ3n) is 3.20. The van der Waals surface area contributed by atoms with Gasteiger partial charge >= 0.3 is 0 Å². The lowest BCUT2D eigenvalue weighted by atomic mass is 9.91. The minimum Gasteiger partial charge on any atom is -0.299 e. The molecule has 2 nitrogen and oxygen atoms in total. The first-order valence-corrected chi connectivity index (χ1v) is 5.39. The van der Waals surface area contributed by atoms with Crippen LogP contribution in [-0.4, -0.2) is 24.0 Å². The Balaban J connectivity index is 2.36. The lowest BCUT2D eigenvalue weighted by Gasteiger charge is -2.37. The van der Waals surface area contributed by atoms with Crippen LogP contribution < -0.4 is 0 Å². The first-order valence-electron chi connectivity index (χ1n) is 5.39. The lowest BCUT2D eigenvalue weighted by Crippen LogP contribution is -2.41. The number of nitriles is 1. The van der Waals surface area contributed by atoms with E-state index >= 15 is 0 Å². The summed E-state index contributed by atoms with van der Waals surface area (Å²) in [5, 5.41) is 8.53. The minimum atomic E-state index is 0.681. The minimum absolute atomic E-state index is 0.681. The Labute approximate surface area is 81.5 Å². The highest BCUT2D eigenvalue weighted by atomic mass is 15.2. The number of rotatable bonds is 3. The van der Waals surface area contributed by atoms with Crippen molar-refractivity contribution in [2.75, 3.05) is 13.1 Å². The Hall–Kier alpha value is -0.550. The molecule has 1 fully saturated rings. The molecule has 0 aromatic carbocycles. The molecule has 0 bridgehead atoms. The van der Waals surface area contributed by atoms with Crippen LogP contribution in [0.5, 0.6) is 0 Å². The summed E-state index contributed by atoms with van der Waals surface area (Å²) in [4.78, 5) is 2.47. The van der Waals surface area contributed by atoms with Crippen molar-refractivity contribution in [2.24, 2.45) is 5.92 Å². The molecule has 1 rings (SSSR count). The van der Waals surface area contributed by atoms with Gasteiger partial charge in [-0.05, 0) is 25.7 Å². The Morgan fingerprint density at radius 3 is 2.85 bits per heavy atom. The van der Waals surface area contributed by atoms with Crippen LogP contribution in [0.4, 0.5) is 0 Å². The summed E-state index contributed by atoms with van der Waals surface area (Å²) in [5.74, 6) is 0.870. The standard InChI is InChI=1S/C11H20N2/c1-3-11-6-5-10(2)13(9-11)8-4-7-12/h10-11H,3-6,8-9H2,1-2H3/t10-,11+/m1/s1. The summed E-state index contributed by atoms with van der Waals surface area (Å²) >= 11 is 0. The van der Waals surface area contributed by atoms with Gasteiger partial charge < -0.3 is 0 Å². The second-order valence-corrected chi connectivity index (χ2v) is 4.10. The van der Waals surface area contributed by atoms with Crippen molar-refractivity contribution in [1.82, 2.24) is 4.90 Å². The smallest absolute Gasteiger partial charge is 0.0635 e. The van der Waals surface area contributed by atoms with Crippen LogP contribution >= 0.6 is 0 Å². The monoisotopic (exact) mass is 180 g/mol. The summed E-state index contributed by atoms with van der Waals surface area (Å²) in [6.07, 6.45) is 4.65. The van der Waals surface area contributed by atoms with Gasteiger partial charge in [0.05, 0.1) is 6.07 Å². The topological polar surface area (TPSA) is 27.0 Å². The second-order valence-electron chi connectivity index (χ2n) is 4.10. The summed E-state index contributed by atoms with van der Waals surface area (Å²) in [5.41, 5.74) is 0. The van der Waals surface area contributed by atoms with Crippen LogP contribution in [0.3, 0.4) is 0 Å². The highest BCUT2D eigenvalue weighted by Crippen LogP contribution is 2.23. The fourth-order valence-electron chi connectivity index (χ4n) is 2.10. The quantitative estimate of drug-likeness (QED) is 0.667. The van der Waals surface area contributed by atoms with Gasteiger partial charge in [-0.2, -0.15) is 5.26 Å². The van der Waals surface area contributed by atoms with E-state index in [2.05, 4.69) is 24.8 Å². The van der Waals surface area contributed by atoms with Gasteiger partial charge in [-0.1, -0.05) is 13.3 Å². The van der Waals surface area contributed by atoms with E-state index in [0.717, 1.165) is 12.5 Å². The molecule has 0 radical (unpaired) electrons. The largest absolute Gasteiger partial charge is 0.299 e. The summed E-state index contributed by atoms with van der Waals surface area (Å²) in [6.45, 7) is 6.72. The molecule has 0 N–H and O–H groups in total. The molecule has 1 heterocycles. The first kappa shape index (κ1) is 10.5. The van der Waals surface area contributed by atoms with Crippen LogP contribution in [0.25, 0.3) is 0 Å². The molecule has 1 aliphatic rings. The van der Waals surface area contributed by atoms with Gasteiger partial charge in [-0.3, -0.25) is 4.90 Å². The van der Waals surface area contributed by atoms with E-state index in [-0.39, 0.29) is 0 Å². The van der Waals surface area contributed by atoms with E-state index in [0.29, 0.717) is 12.5 Å². The summed E-state index contributed by atoms with van der Waals surface area (Å²) < 4.78 is 0. The van der Waals surface area contributed by atoms with E-state index in [4.69, 9.17) is 5.26 Å². The van der Waals surface area contributed by atoms with Crippen LogP contribution in [0, 0.1) is 17.2 Å². The molecule has 1 saturated heterocycles. The molecular weight excluding hydrogens is 160 g/mol. The van der Waals surface area contributed by atoms with E-state index in [1.807, 2.05) is 0 Å². The van der Waals surface area contributed by atoms with Gasteiger partial charge in [0.25, 0.3) is 0 Å². The number of nitrogens with zero attached hydrogens (tertiary/aromatic N) is 2. The van der Waals surface area contributed by atoms with Crippen molar-refractivity contribution < 1.29 is 0 Å². The van der Waals surface area contributed by atoms with Gasteiger partial charge in [-0.15, -0.1) is 0 Å². The van der Waals surface area contributed by atoms with Crippen LogP contribution in [0.15, 0.2) is 0 Å². The van der Waals surface area contributed by atoms with E-state index in [1.54, 1.807) is 0 Å². The molecule has 0 aromatic heterocycles. The molecular formula is C11H20N2. The van der Waals surface area contributed by atoms with Crippen LogP contribution in [0.1, 0.15) is 39.5 Å². The fourth-order valence-corrected chi connectivity index (χ4v) is 2.10. The number of piperidine rings is 1. The Kier molecular flexibility index (Phi) is 4.24. The maximum Gasteiger partial charge on any atom is 0.0635 e. The number of likely N-dealkylation sites (tertiary alicyclic amines) is 1. The SMILES string of the molecule is CC[C@H]1CC[C@@H](C)N(CCC#N)C1. The molecule has 0 saturated carbocycles. The summed E-state index contributed by atoms with van der Waals surface area (Å²) in [7, 11) is 0. The van der Waals surface area contributed by atoms with Crippen molar-refractivity contribution in [3.05, 3.63) is 0 Å². The summed E-state index contributed by atoms with van der Waals surface area (Å²) in [6, 6.07) is 2.92. The average molecular weight is 180 g/mol. The molecule has 0 aliphatic carbocycles. The predicted molar refractivity (Wildman–Crippen MR) is 54.3 cm³/mol. The Morgan fingerprint density at radius 1 is 1.46 bits per heavy atom. The first-order chi connectivity index (χ1) is 6.27. The Bertz CT molecular complexity index is 183. The van der Waals surface area contributed by atoms with Crippen molar-refractivity contribution in [2.45, 2.75) is 45.6 Å². The van der Waals surface area contributed by atoms with Gasteiger partial charge in [0.2, 0.25) is 0 Å².